The van der Waals surface area contributed by atoms with Gasteiger partial charge in [0, 0.05) is 12.1 Å². The first-order chi connectivity index (χ1) is 9.47. The van der Waals surface area contributed by atoms with Gasteiger partial charge >= 0.3 is 5.00 Å². The standard InChI is InChI=1S/C10H6N4O5S/c15-10(7-2-4-9(20-7)14(18)19)12-8-3-1-6(5-11-8)13(16)17/h1-5H,(H,11,12,15). The summed E-state index contributed by atoms with van der Waals surface area (Å²) in [6.45, 7) is 0. The molecule has 0 unspecified atom stereocenters. The van der Waals surface area contributed by atoms with E-state index in [1.807, 2.05) is 0 Å². The predicted molar refractivity (Wildman–Crippen MR) is 69.8 cm³/mol. The largest absolute Gasteiger partial charge is 0.324 e. The van der Waals surface area contributed by atoms with Crippen molar-refractivity contribution in [2.45, 2.75) is 0 Å². The van der Waals surface area contributed by atoms with E-state index in [1.165, 1.54) is 24.3 Å². The summed E-state index contributed by atoms with van der Waals surface area (Å²) in [6, 6.07) is 5.02. The monoisotopic (exact) mass is 294 g/mol. The number of thiophene rings is 1. The van der Waals surface area contributed by atoms with Gasteiger partial charge in [-0.05, 0) is 12.1 Å². The molecule has 0 bridgehead atoms. The van der Waals surface area contributed by atoms with Crippen LogP contribution in [0, 0.1) is 20.2 Å². The number of pyridine rings is 1. The van der Waals surface area contributed by atoms with Crippen LogP contribution in [0.2, 0.25) is 0 Å². The molecule has 2 aromatic rings. The first-order valence-electron chi connectivity index (χ1n) is 5.13. The number of anilines is 1. The molecule has 2 rings (SSSR count). The molecular weight excluding hydrogens is 288 g/mol. The van der Waals surface area contributed by atoms with Crippen molar-refractivity contribution in [2.24, 2.45) is 0 Å². The Morgan fingerprint density at radius 2 is 1.90 bits per heavy atom. The van der Waals surface area contributed by atoms with Crippen molar-refractivity contribution < 1.29 is 14.6 Å². The minimum Gasteiger partial charge on any atom is -0.306 e. The van der Waals surface area contributed by atoms with Crippen LogP contribution in [0.5, 0.6) is 0 Å². The molecule has 0 radical (unpaired) electrons. The quantitative estimate of drug-likeness (QED) is 0.679. The van der Waals surface area contributed by atoms with Crippen molar-refractivity contribution in [2.75, 3.05) is 5.32 Å². The van der Waals surface area contributed by atoms with Gasteiger partial charge in [0.1, 0.15) is 12.0 Å². The van der Waals surface area contributed by atoms with E-state index in [2.05, 4.69) is 10.3 Å². The summed E-state index contributed by atoms with van der Waals surface area (Å²) >= 11 is 0.729. The molecule has 0 aliphatic rings. The van der Waals surface area contributed by atoms with Crippen LogP contribution in [-0.2, 0) is 0 Å². The van der Waals surface area contributed by atoms with Crippen LogP contribution in [0.25, 0.3) is 0 Å². The summed E-state index contributed by atoms with van der Waals surface area (Å²) in [5, 5.41) is 23.2. The Bertz CT molecular complexity index is 681. The van der Waals surface area contributed by atoms with Gasteiger partial charge in [0.25, 0.3) is 11.6 Å². The number of nitro groups is 2. The van der Waals surface area contributed by atoms with Crippen LogP contribution < -0.4 is 5.32 Å². The Morgan fingerprint density at radius 3 is 2.40 bits per heavy atom. The Balaban J connectivity index is 2.10. The summed E-state index contributed by atoms with van der Waals surface area (Å²) in [5.41, 5.74) is -0.199. The van der Waals surface area contributed by atoms with Gasteiger partial charge in [-0.2, -0.15) is 0 Å². The Labute approximate surface area is 115 Å². The average molecular weight is 294 g/mol. The minimum atomic E-state index is -0.610. The van der Waals surface area contributed by atoms with Crippen molar-refractivity contribution in [3.05, 3.63) is 55.6 Å². The molecule has 0 saturated carbocycles. The molecule has 9 nitrogen and oxygen atoms in total. The second-order valence-corrected chi connectivity index (χ2v) is 4.57. The summed E-state index contributed by atoms with van der Waals surface area (Å²) in [5.74, 6) is -0.443. The minimum absolute atomic E-state index is 0.122. The van der Waals surface area contributed by atoms with Gasteiger partial charge in [0.05, 0.1) is 14.7 Å². The van der Waals surface area contributed by atoms with Gasteiger partial charge in [-0.25, -0.2) is 4.98 Å². The number of hydrogen-bond acceptors (Lipinski definition) is 7. The lowest BCUT2D eigenvalue weighted by molar-refractivity contribution is -0.385. The summed E-state index contributed by atoms with van der Waals surface area (Å²) in [4.78, 5) is 35.4. The topological polar surface area (TPSA) is 128 Å². The van der Waals surface area contributed by atoms with Gasteiger partial charge in [0.2, 0.25) is 0 Å². The van der Waals surface area contributed by atoms with Gasteiger partial charge in [-0.1, -0.05) is 11.3 Å². The van der Waals surface area contributed by atoms with E-state index in [0.717, 1.165) is 17.5 Å². The van der Waals surface area contributed by atoms with E-state index in [0.29, 0.717) is 0 Å². The predicted octanol–water partition coefficient (Wildman–Crippen LogP) is 2.21. The van der Waals surface area contributed by atoms with E-state index in [1.54, 1.807) is 0 Å². The average Bonchev–Trinajstić information content (AvgIpc) is 2.89. The maximum Gasteiger partial charge on any atom is 0.324 e. The van der Waals surface area contributed by atoms with E-state index in [4.69, 9.17) is 0 Å². The number of hydrogen-bond donors (Lipinski definition) is 1. The maximum absolute atomic E-state index is 11.8. The Hall–Kier alpha value is -2.88. The zero-order valence-electron chi connectivity index (χ0n) is 9.68. The highest BCUT2D eigenvalue weighted by Gasteiger charge is 2.16. The molecule has 0 aliphatic carbocycles. The van der Waals surface area contributed by atoms with Crippen molar-refractivity contribution in [3.63, 3.8) is 0 Å². The molecular formula is C10H6N4O5S. The van der Waals surface area contributed by atoms with E-state index >= 15 is 0 Å². The van der Waals surface area contributed by atoms with Crippen molar-refractivity contribution in [1.82, 2.24) is 4.98 Å². The third kappa shape index (κ3) is 2.92. The fraction of sp³-hybridized carbons (Fsp3) is 0. The van der Waals surface area contributed by atoms with E-state index in [-0.39, 0.29) is 21.4 Å². The molecule has 0 atom stereocenters. The first kappa shape index (κ1) is 13.5. The molecule has 10 heteroatoms. The lowest BCUT2D eigenvalue weighted by atomic mass is 10.4. The molecule has 0 aliphatic heterocycles. The van der Waals surface area contributed by atoms with Gasteiger partial charge < -0.3 is 5.32 Å². The van der Waals surface area contributed by atoms with E-state index < -0.39 is 15.8 Å². The molecule has 1 amide bonds. The number of carbonyl (C=O) groups excluding carboxylic acids is 1. The molecule has 20 heavy (non-hydrogen) atoms. The van der Waals surface area contributed by atoms with Gasteiger partial charge in [-0.3, -0.25) is 25.0 Å². The molecule has 2 aromatic heterocycles. The fourth-order valence-electron chi connectivity index (χ4n) is 1.29. The van der Waals surface area contributed by atoms with Gasteiger partial charge in [-0.15, -0.1) is 0 Å². The van der Waals surface area contributed by atoms with Crippen LogP contribution in [0.4, 0.5) is 16.5 Å². The first-order valence-corrected chi connectivity index (χ1v) is 5.95. The number of nitrogens with zero attached hydrogens (tertiary/aromatic N) is 3. The highest BCUT2D eigenvalue weighted by atomic mass is 32.1. The fourth-order valence-corrected chi connectivity index (χ4v) is 2.01. The number of carbonyl (C=O) groups is 1. The van der Waals surface area contributed by atoms with Crippen LogP contribution in [0.3, 0.4) is 0 Å². The molecule has 2 heterocycles. The molecule has 0 fully saturated rings. The maximum atomic E-state index is 11.8. The zero-order valence-corrected chi connectivity index (χ0v) is 10.5. The third-order valence-corrected chi connectivity index (χ3v) is 3.23. The van der Waals surface area contributed by atoms with Crippen LogP contribution in [0.15, 0.2) is 30.5 Å². The molecule has 0 saturated heterocycles. The number of aromatic nitrogens is 1. The van der Waals surface area contributed by atoms with Crippen LogP contribution in [0.1, 0.15) is 9.67 Å². The third-order valence-electron chi connectivity index (χ3n) is 2.20. The second kappa shape index (κ2) is 5.40. The van der Waals surface area contributed by atoms with Crippen molar-refractivity contribution in [3.8, 4) is 0 Å². The van der Waals surface area contributed by atoms with Crippen LogP contribution in [-0.4, -0.2) is 20.7 Å². The number of rotatable bonds is 4. The molecule has 0 spiro atoms. The summed E-state index contributed by atoms with van der Waals surface area (Å²) in [6.07, 6.45) is 1.01. The van der Waals surface area contributed by atoms with Gasteiger partial charge in [0.15, 0.2) is 0 Å². The Kier molecular flexibility index (Phi) is 3.66. The Morgan fingerprint density at radius 1 is 1.15 bits per heavy atom. The molecule has 1 N–H and O–H groups in total. The summed E-state index contributed by atoms with van der Waals surface area (Å²) < 4.78 is 0. The second-order valence-electron chi connectivity index (χ2n) is 3.51. The lowest BCUT2D eigenvalue weighted by Crippen LogP contribution is -2.11. The van der Waals surface area contributed by atoms with Crippen molar-refractivity contribution >= 4 is 33.8 Å². The van der Waals surface area contributed by atoms with Crippen LogP contribution >= 0.6 is 11.3 Å². The normalized spacial score (nSPS) is 10.0. The summed E-state index contributed by atoms with van der Waals surface area (Å²) in [7, 11) is 0. The molecule has 102 valence electrons. The zero-order chi connectivity index (χ0) is 14.7. The number of nitrogens with one attached hydrogen (secondary N) is 1. The SMILES string of the molecule is O=C(Nc1ccc([N+](=O)[O-])cn1)c1ccc([N+](=O)[O-])s1. The van der Waals surface area contributed by atoms with E-state index in [9.17, 15) is 25.0 Å². The van der Waals surface area contributed by atoms with Crippen molar-refractivity contribution in [1.29, 1.82) is 0 Å². The highest BCUT2D eigenvalue weighted by Crippen LogP contribution is 2.24. The highest BCUT2D eigenvalue weighted by molar-refractivity contribution is 7.17. The number of amides is 1. The smallest absolute Gasteiger partial charge is 0.306 e. The molecule has 0 aromatic carbocycles. The lowest BCUT2D eigenvalue weighted by Gasteiger charge is -2.01.